The molecule has 220 valence electrons. The second kappa shape index (κ2) is 13.4. The van der Waals surface area contributed by atoms with Gasteiger partial charge in [-0.1, -0.05) is 29.8 Å². The van der Waals surface area contributed by atoms with E-state index in [9.17, 15) is 4.79 Å². The maximum absolute atomic E-state index is 11.6. The van der Waals surface area contributed by atoms with Crippen molar-refractivity contribution in [2.75, 3.05) is 56.1 Å². The predicted octanol–water partition coefficient (Wildman–Crippen LogP) is 5.51. The Morgan fingerprint density at radius 2 is 1.88 bits per heavy atom. The fraction of sp³-hybridized carbons (Fsp3) is 0.333. The maximum Gasteiger partial charge on any atom is 0.247 e. The first-order chi connectivity index (χ1) is 20.4. The van der Waals surface area contributed by atoms with E-state index < -0.39 is 0 Å². The number of hydrogen-bond donors (Lipinski definition) is 2. The van der Waals surface area contributed by atoms with Crippen LogP contribution >= 0.6 is 23.2 Å². The van der Waals surface area contributed by atoms with E-state index in [1.807, 2.05) is 24.4 Å². The number of hydrogen-bond acceptors (Lipinski definition) is 9. The zero-order chi connectivity index (χ0) is 29.6. The van der Waals surface area contributed by atoms with Gasteiger partial charge < -0.3 is 29.7 Å². The largest absolute Gasteiger partial charge is 0.495 e. The van der Waals surface area contributed by atoms with Gasteiger partial charge in [0.15, 0.2) is 0 Å². The molecule has 0 radical (unpaired) electrons. The van der Waals surface area contributed by atoms with E-state index in [-0.39, 0.29) is 11.9 Å². The van der Waals surface area contributed by atoms with Crippen molar-refractivity contribution in [1.29, 1.82) is 0 Å². The molecule has 3 aromatic rings. The molecule has 2 N–H and O–H groups in total. The van der Waals surface area contributed by atoms with Crippen LogP contribution in [0.15, 0.2) is 43.2 Å². The maximum atomic E-state index is 11.6. The number of halogens is 2. The quantitative estimate of drug-likeness (QED) is 0.287. The summed E-state index contributed by atoms with van der Waals surface area (Å²) in [6.07, 6.45) is 9.09. The first-order valence-electron chi connectivity index (χ1n) is 13.6. The van der Waals surface area contributed by atoms with Crippen molar-refractivity contribution >= 4 is 58.2 Å². The molecule has 0 saturated carbocycles. The number of nitrogens with zero attached hydrogens (tertiary/aromatic N) is 4. The number of aromatic nitrogens is 3. The molecule has 1 saturated heterocycles. The van der Waals surface area contributed by atoms with E-state index in [0.717, 1.165) is 48.7 Å². The van der Waals surface area contributed by atoms with Gasteiger partial charge in [-0.05, 0) is 42.7 Å². The van der Waals surface area contributed by atoms with Crippen LogP contribution in [0, 0.1) is 0 Å². The first kappa shape index (κ1) is 29.6. The third-order valence-electron chi connectivity index (χ3n) is 7.15. The standard InChI is InChI=1S/C30H32Cl2N6O4/c1-4-25(39)35-22-6-5-20(33-16-22)7-10-38-17-19(26-27(31)23(40-2)14-24(41-3)28(26)32)13-18-15-34-30(37-29(18)38)36-21-8-11-42-12-9-21/h4-6,13-16,21H,1,7-12,17H2,2-3H3,(H,35,39)(H,34,36,37). The van der Waals surface area contributed by atoms with E-state index in [4.69, 9.17) is 42.4 Å². The summed E-state index contributed by atoms with van der Waals surface area (Å²) in [6.45, 7) is 5.99. The first-order valence-corrected chi connectivity index (χ1v) is 14.3. The fourth-order valence-corrected chi connectivity index (χ4v) is 5.68. The van der Waals surface area contributed by atoms with Crippen LogP contribution in [0.2, 0.25) is 10.0 Å². The number of carbonyl (C=O) groups is 1. The average Bonchev–Trinajstić information content (AvgIpc) is 3.01. The van der Waals surface area contributed by atoms with Gasteiger partial charge in [-0.3, -0.25) is 9.78 Å². The Kier molecular flexibility index (Phi) is 9.46. The SMILES string of the molecule is C=CC(=O)Nc1ccc(CCN2CC(c3c(Cl)c(OC)cc(OC)c3Cl)=Cc3cnc(NC4CCOCC4)nc32)nc1. The lowest BCUT2D eigenvalue weighted by atomic mass is 9.98. The van der Waals surface area contributed by atoms with Crippen LogP contribution < -0.4 is 25.0 Å². The third kappa shape index (κ3) is 6.61. The summed E-state index contributed by atoms with van der Waals surface area (Å²) >= 11 is 13.6. The molecule has 4 heterocycles. The minimum absolute atomic E-state index is 0.256. The Morgan fingerprint density at radius 3 is 2.52 bits per heavy atom. The predicted molar refractivity (Wildman–Crippen MR) is 166 cm³/mol. The number of pyridine rings is 1. The molecule has 42 heavy (non-hydrogen) atoms. The zero-order valence-electron chi connectivity index (χ0n) is 23.5. The minimum atomic E-state index is -0.287. The van der Waals surface area contributed by atoms with Crippen molar-refractivity contribution in [3.05, 3.63) is 70.1 Å². The number of carbonyl (C=O) groups excluding carboxylic acids is 1. The zero-order valence-corrected chi connectivity index (χ0v) is 25.0. The van der Waals surface area contributed by atoms with Gasteiger partial charge >= 0.3 is 0 Å². The molecule has 2 aliphatic rings. The highest BCUT2D eigenvalue weighted by molar-refractivity contribution is 6.39. The van der Waals surface area contributed by atoms with Crippen LogP contribution in [0.3, 0.4) is 0 Å². The van der Waals surface area contributed by atoms with Crippen LogP contribution in [-0.4, -0.2) is 67.4 Å². The van der Waals surface area contributed by atoms with Gasteiger partial charge in [0, 0.05) is 67.8 Å². The molecule has 1 fully saturated rings. The highest BCUT2D eigenvalue weighted by Crippen LogP contribution is 2.46. The van der Waals surface area contributed by atoms with Crippen molar-refractivity contribution in [3.8, 4) is 11.5 Å². The molecule has 0 unspecified atom stereocenters. The van der Waals surface area contributed by atoms with Crippen LogP contribution in [0.4, 0.5) is 17.5 Å². The summed E-state index contributed by atoms with van der Waals surface area (Å²) < 4.78 is 16.5. The molecule has 0 aliphatic carbocycles. The highest BCUT2D eigenvalue weighted by atomic mass is 35.5. The van der Waals surface area contributed by atoms with E-state index in [0.29, 0.717) is 58.3 Å². The number of ether oxygens (including phenoxy) is 3. The summed E-state index contributed by atoms with van der Waals surface area (Å²) in [4.78, 5) is 27.8. The van der Waals surface area contributed by atoms with Crippen molar-refractivity contribution in [1.82, 2.24) is 15.0 Å². The molecule has 10 nitrogen and oxygen atoms in total. The third-order valence-corrected chi connectivity index (χ3v) is 7.90. The van der Waals surface area contributed by atoms with Crippen LogP contribution in [0.25, 0.3) is 11.6 Å². The average molecular weight is 612 g/mol. The molecule has 12 heteroatoms. The van der Waals surface area contributed by atoms with Crippen molar-refractivity contribution in [3.63, 3.8) is 0 Å². The van der Waals surface area contributed by atoms with Gasteiger partial charge in [-0.15, -0.1) is 0 Å². The molecule has 1 aromatic carbocycles. The van der Waals surface area contributed by atoms with E-state index in [2.05, 4.69) is 32.1 Å². The summed E-state index contributed by atoms with van der Waals surface area (Å²) in [5.41, 5.74) is 3.80. The van der Waals surface area contributed by atoms with Crippen LogP contribution in [0.5, 0.6) is 11.5 Å². The Hall–Kier alpha value is -3.86. The molecule has 0 atom stereocenters. The normalized spacial score (nSPS) is 15.0. The highest BCUT2D eigenvalue weighted by Gasteiger charge is 2.27. The van der Waals surface area contributed by atoms with Crippen molar-refractivity contribution < 1.29 is 19.0 Å². The molecule has 1 amide bonds. The number of methoxy groups -OCH3 is 2. The number of nitrogens with one attached hydrogen (secondary N) is 2. The van der Waals surface area contributed by atoms with Crippen molar-refractivity contribution in [2.45, 2.75) is 25.3 Å². The topological polar surface area (TPSA) is 111 Å². The van der Waals surface area contributed by atoms with E-state index >= 15 is 0 Å². The number of amides is 1. The van der Waals surface area contributed by atoms with Gasteiger partial charge in [0.25, 0.3) is 0 Å². The minimum Gasteiger partial charge on any atom is -0.495 e. The molecule has 0 bridgehead atoms. The lowest BCUT2D eigenvalue weighted by molar-refractivity contribution is -0.111. The monoisotopic (exact) mass is 610 g/mol. The fourth-order valence-electron chi connectivity index (χ4n) is 4.94. The Balaban J connectivity index is 1.46. The Labute approximate surface area is 254 Å². The van der Waals surface area contributed by atoms with Crippen LogP contribution in [0.1, 0.15) is 29.7 Å². The van der Waals surface area contributed by atoms with Gasteiger partial charge in [-0.2, -0.15) is 4.98 Å². The molecular weight excluding hydrogens is 579 g/mol. The second-order valence-corrected chi connectivity index (χ2v) is 10.6. The summed E-state index contributed by atoms with van der Waals surface area (Å²) in [5, 5.41) is 6.98. The van der Waals surface area contributed by atoms with Crippen molar-refractivity contribution in [2.24, 2.45) is 0 Å². The molecule has 5 rings (SSSR count). The number of rotatable bonds is 10. The molecule has 2 aliphatic heterocycles. The second-order valence-electron chi connectivity index (χ2n) is 9.86. The number of benzene rings is 1. The summed E-state index contributed by atoms with van der Waals surface area (Å²) in [6, 6.07) is 5.64. The van der Waals surface area contributed by atoms with Gasteiger partial charge in [0.05, 0.1) is 36.1 Å². The molecular formula is C30H32Cl2N6O4. The van der Waals surface area contributed by atoms with Gasteiger partial charge in [0.1, 0.15) is 17.3 Å². The molecule has 2 aromatic heterocycles. The van der Waals surface area contributed by atoms with E-state index in [1.165, 1.54) is 6.08 Å². The number of anilines is 3. The van der Waals surface area contributed by atoms with Crippen LogP contribution in [-0.2, 0) is 16.0 Å². The van der Waals surface area contributed by atoms with Gasteiger partial charge in [0.2, 0.25) is 11.9 Å². The Bertz CT molecular complexity index is 1460. The lowest BCUT2D eigenvalue weighted by Crippen LogP contribution is -2.33. The lowest BCUT2D eigenvalue weighted by Gasteiger charge is -2.32. The van der Waals surface area contributed by atoms with Gasteiger partial charge in [-0.25, -0.2) is 4.98 Å². The summed E-state index contributed by atoms with van der Waals surface area (Å²) in [5.74, 6) is 2.00. The smallest absolute Gasteiger partial charge is 0.247 e. The number of fused-ring (bicyclic) bond motifs is 1. The van der Waals surface area contributed by atoms with E-state index in [1.54, 1.807) is 26.5 Å². The molecule has 0 spiro atoms. The Morgan fingerprint density at radius 1 is 1.14 bits per heavy atom. The summed E-state index contributed by atoms with van der Waals surface area (Å²) in [7, 11) is 3.11.